The molecule has 1 unspecified atom stereocenters. The van der Waals surface area contributed by atoms with Crippen molar-refractivity contribution in [1.29, 1.82) is 5.26 Å². The Morgan fingerprint density at radius 1 is 1.63 bits per heavy atom. The third-order valence-electron chi connectivity index (χ3n) is 3.36. The lowest BCUT2D eigenvalue weighted by Gasteiger charge is -2.18. The predicted molar refractivity (Wildman–Crippen MR) is 62.4 cm³/mol. The van der Waals surface area contributed by atoms with Gasteiger partial charge < -0.3 is 14.5 Å². The Kier molecular flexibility index (Phi) is 2.60. The van der Waals surface area contributed by atoms with E-state index in [1.165, 1.54) is 16.8 Å². The van der Waals surface area contributed by atoms with Crippen molar-refractivity contribution < 1.29 is 14.5 Å². The summed E-state index contributed by atoms with van der Waals surface area (Å²) in [5.74, 6) is 0. The van der Waals surface area contributed by atoms with Crippen LogP contribution in [-0.4, -0.2) is 39.8 Å². The van der Waals surface area contributed by atoms with Crippen LogP contribution >= 0.6 is 0 Å². The second-order valence-electron chi connectivity index (χ2n) is 4.62. The minimum absolute atomic E-state index is 0.156. The van der Waals surface area contributed by atoms with E-state index in [0.717, 1.165) is 0 Å². The molecule has 1 aromatic heterocycles. The molecular weight excluding hydrogens is 253 g/mol. The Bertz CT molecular complexity index is 658. The summed E-state index contributed by atoms with van der Waals surface area (Å²) < 4.78 is 11.8. The van der Waals surface area contributed by atoms with Crippen LogP contribution in [0.1, 0.15) is 12.6 Å². The van der Waals surface area contributed by atoms with Gasteiger partial charge in [0.05, 0.1) is 12.2 Å². The molecule has 0 bridgehead atoms. The maximum Gasteiger partial charge on any atom is 0.330 e. The summed E-state index contributed by atoms with van der Waals surface area (Å²) in [6, 6.07) is 3.16. The molecule has 0 radical (unpaired) electrons. The van der Waals surface area contributed by atoms with Gasteiger partial charge in [0.1, 0.15) is 12.3 Å². The van der Waals surface area contributed by atoms with E-state index < -0.39 is 35.2 Å². The van der Waals surface area contributed by atoms with Crippen LogP contribution in [0, 0.1) is 11.3 Å². The molecule has 9 heteroatoms. The van der Waals surface area contributed by atoms with Gasteiger partial charge in [-0.15, -0.1) is 0 Å². The Morgan fingerprint density at radius 3 is 2.95 bits per heavy atom. The average Bonchev–Trinajstić information content (AvgIpc) is 3.07. The molecule has 19 heavy (non-hydrogen) atoms. The highest BCUT2D eigenvalue weighted by Gasteiger charge is 2.60. The second kappa shape index (κ2) is 4.06. The molecule has 2 fully saturated rings. The number of nitrogens with one attached hydrogen (secondary N) is 1. The molecule has 2 aliphatic rings. The fourth-order valence-corrected chi connectivity index (χ4v) is 2.27. The Morgan fingerprint density at radius 2 is 2.37 bits per heavy atom. The Labute approximate surface area is 107 Å². The highest BCUT2D eigenvalue weighted by atomic mass is 16.6. The van der Waals surface area contributed by atoms with Crippen LogP contribution in [-0.2, 0) is 9.39 Å². The van der Waals surface area contributed by atoms with E-state index >= 15 is 0 Å². The van der Waals surface area contributed by atoms with E-state index in [1.807, 2.05) is 6.07 Å². The topological polar surface area (TPSA) is 121 Å². The Balaban J connectivity index is 1.87. The summed E-state index contributed by atoms with van der Waals surface area (Å²) in [6.45, 7) is 0. The standard InChI is InChI=1S/C10H10BN3O5/c12-4-10(11-19-10)8-5(15)3-7(18-8)14-2-1-6(16)13-9(14)17/h1-2,5,7-8,11,15H,3H2,(H,13,16,17)/t5-,7+,8-,10?/m0/s1. The summed E-state index contributed by atoms with van der Waals surface area (Å²) in [5.41, 5.74) is -2.23. The molecule has 0 spiro atoms. The molecular formula is C10H10BN3O5. The zero-order valence-corrected chi connectivity index (χ0v) is 9.78. The molecule has 0 amide bonds. The van der Waals surface area contributed by atoms with E-state index in [4.69, 9.17) is 14.7 Å². The van der Waals surface area contributed by atoms with Gasteiger partial charge in [-0.05, 0) is 0 Å². The zero-order chi connectivity index (χ0) is 13.6. The zero-order valence-electron chi connectivity index (χ0n) is 9.78. The maximum atomic E-state index is 11.6. The average molecular weight is 263 g/mol. The minimum atomic E-state index is -1.11. The van der Waals surface area contributed by atoms with Crippen molar-refractivity contribution in [2.75, 3.05) is 0 Å². The number of aliphatic hydroxyl groups excluding tert-OH is 1. The molecule has 1 aromatic rings. The monoisotopic (exact) mass is 263 g/mol. The van der Waals surface area contributed by atoms with Crippen molar-refractivity contribution in [2.24, 2.45) is 0 Å². The van der Waals surface area contributed by atoms with Crippen molar-refractivity contribution >= 4 is 7.48 Å². The number of aromatic amines is 1. The number of rotatable bonds is 2. The lowest BCUT2D eigenvalue weighted by atomic mass is 9.82. The van der Waals surface area contributed by atoms with Crippen LogP contribution < -0.4 is 11.2 Å². The van der Waals surface area contributed by atoms with Gasteiger partial charge >= 0.3 is 13.2 Å². The van der Waals surface area contributed by atoms with Gasteiger partial charge in [-0.25, -0.2) is 4.79 Å². The normalized spacial score (nSPS) is 36.5. The van der Waals surface area contributed by atoms with Gasteiger partial charge in [0.15, 0.2) is 5.50 Å². The number of aliphatic hydroxyl groups is 1. The fourth-order valence-electron chi connectivity index (χ4n) is 2.27. The smallest absolute Gasteiger partial charge is 0.330 e. The summed E-state index contributed by atoms with van der Waals surface area (Å²) in [5, 5.41) is 18.9. The highest BCUT2D eigenvalue weighted by Crippen LogP contribution is 2.40. The summed E-state index contributed by atoms with van der Waals surface area (Å²) >= 11 is 0. The van der Waals surface area contributed by atoms with Crippen molar-refractivity contribution in [3.8, 4) is 6.07 Å². The molecule has 4 atom stereocenters. The molecule has 2 saturated heterocycles. The number of H-pyrrole nitrogens is 1. The molecule has 0 aromatic carbocycles. The first kappa shape index (κ1) is 12.2. The van der Waals surface area contributed by atoms with E-state index in [2.05, 4.69) is 4.98 Å². The lowest BCUT2D eigenvalue weighted by Crippen LogP contribution is -2.37. The van der Waals surface area contributed by atoms with Crippen LogP contribution in [0.25, 0.3) is 0 Å². The number of nitriles is 1. The Hall–Kier alpha value is -1.89. The molecule has 98 valence electrons. The van der Waals surface area contributed by atoms with E-state index in [9.17, 15) is 14.7 Å². The molecule has 0 saturated carbocycles. The number of hydrogen-bond acceptors (Lipinski definition) is 6. The van der Waals surface area contributed by atoms with Crippen LogP contribution in [0.2, 0.25) is 0 Å². The molecule has 0 aliphatic carbocycles. The van der Waals surface area contributed by atoms with Crippen LogP contribution in [0.15, 0.2) is 21.9 Å². The first-order valence-electron chi connectivity index (χ1n) is 5.76. The van der Waals surface area contributed by atoms with Crippen LogP contribution in [0.5, 0.6) is 0 Å². The fraction of sp³-hybridized carbons (Fsp3) is 0.500. The first-order valence-corrected chi connectivity index (χ1v) is 5.76. The van der Waals surface area contributed by atoms with Crippen LogP contribution in [0.4, 0.5) is 0 Å². The summed E-state index contributed by atoms with van der Waals surface area (Å²) in [7, 11) is 0.207. The third kappa shape index (κ3) is 1.90. The van der Waals surface area contributed by atoms with Crippen molar-refractivity contribution in [2.45, 2.75) is 30.4 Å². The minimum Gasteiger partial charge on any atom is -0.420 e. The highest BCUT2D eigenvalue weighted by molar-refractivity contribution is 6.44. The van der Waals surface area contributed by atoms with E-state index in [-0.39, 0.29) is 13.9 Å². The van der Waals surface area contributed by atoms with Gasteiger partial charge in [-0.1, -0.05) is 0 Å². The van der Waals surface area contributed by atoms with Gasteiger partial charge in [0.2, 0.25) is 0 Å². The van der Waals surface area contributed by atoms with Gasteiger partial charge in [0, 0.05) is 18.7 Å². The first-order chi connectivity index (χ1) is 9.05. The number of nitrogens with zero attached hydrogens (tertiary/aromatic N) is 2. The maximum absolute atomic E-state index is 11.6. The number of ether oxygens (including phenoxy) is 1. The lowest BCUT2D eigenvalue weighted by molar-refractivity contribution is -0.0475. The number of hydrogen-bond donors (Lipinski definition) is 2. The molecule has 2 aliphatic heterocycles. The second-order valence-corrected chi connectivity index (χ2v) is 4.62. The summed E-state index contributed by atoms with van der Waals surface area (Å²) in [4.78, 5) is 24.7. The quantitative estimate of drug-likeness (QED) is 0.460. The van der Waals surface area contributed by atoms with Crippen molar-refractivity contribution in [1.82, 2.24) is 9.55 Å². The van der Waals surface area contributed by atoms with Crippen molar-refractivity contribution in [3.05, 3.63) is 33.1 Å². The van der Waals surface area contributed by atoms with Crippen LogP contribution in [0.3, 0.4) is 0 Å². The predicted octanol–water partition coefficient (Wildman–Crippen LogP) is -2.21. The summed E-state index contributed by atoms with van der Waals surface area (Å²) in [6.07, 6.45) is -0.956. The molecule has 8 nitrogen and oxygen atoms in total. The number of aromatic nitrogens is 2. The van der Waals surface area contributed by atoms with Gasteiger partial charge in [-0.2, -0.15) is 5.26 Å². The largest absolute Gasteiger partial charge is 0.420 e. The third-order valence-corrected chi connectivity index (χ3v) is 3.36. The van der Waals surface area contributed by atoms with Crippen molar-refractivity contribution in [3.63, 3.8) is 0 Å². The van der Waals surface area contributed by atoms with Gasteiger partial charge in [0.25, 0.3) is 5.56 Å². The molecule has 3 heterocycles. The van der Waals surface area contributed by atoms with E-state index in [0.29, 0.717) is 0 Å². The molecule has 3 rings (SSSR count). The molecule has 2 N–H and O–H groups in total. The van der Waals surface area contributed by atoms with E-state index in [1.54, 1.807) is 0 Å². The SMILES string of the molecule is N#CC1([C@H]2O[C@@H](n3ccc(=O)[nH]c3=O)C[C@@H]2O)BO1. The van der Waals surface area contributed by atoms with Gasteiger partial charge in [-0.3, -0.25) is 14.3 Å².